The van der Waals surface area contributed by atoms with Crippen LogP contribution in [0.5, 0.6) is 0 Å². The zero-order chi connectivity index (χ0) is 25.0. The number of aromatic nitrogens is 2. The first kappa shape index (κ1) is 25.3. The molecule has 0 saturated carbocycles. The van der Waals surface area contributed by atoms with Gasteiger partial charge in [-0.1, -0.05) is 62.7 Å². The number of benzene rings is 2. The second-order valence-corrected chi connectivity index (χ2v) is 9.69. The van der Waals surface area contributed by atoms with E-state index in [1.54, 1.807) is 10.7 Å². The summed E-state index contributed by atoms with van der Waals surface area (Å²) in [5.74, 6) is 0.168. The molecule has 0 radical (unpaired) electrons. The highest BCUT2D eigenvalue weighted by molar-refractivity contribution is 6.32. The highest BCUT2D eigenvalue weighted by Crippen LogP contribution is 2.29. The van der Waals surface area contributed by atoms with Crippen molar-refractivity contribution in [2.75, 3.05) is 23.7 Å². The van der Waals surface area contributed by atoms with Crippen LogP contribution in [0.1, 0.15) is 44.5 Å². The quantitative estimate of drug-likeness (QED) is 0.457. The molecule has 0 saturated heterocycles. The van der Waals surface area contributed by atoms with Crippen molar-refractivity contribution < 1.29 is 9.59 Å². The molecule has 0 unspecified atom stereocenters. The number of hydrogen-bond acceptors (Lipinski definition) is 3. The molecule has 1 aromatic heterocycles. The van der Waals surface area contributed by atoms with Crippen LogP contribution in [0.15, 0.2) is 48.5 Å². The number of carbonyl (C=O) groups excluding carboxylic acids is 2. The number of anilines is 2. The van der Waals surface area contributed by atoms with E-state index in [0.29, 0.717) is 23.1 Å². The SMILES string of the molecule is CCN(CC(=O)Nc1cc(C(C)(C)C)nn1-c1ccccc1Cl)C(=O)Nc1c(C)cccc1C. The van der Waals surface area contributed by atoms with Crippen LogP contribution in [0.2, 0.25) is 5.02 Å². The summed E-state index contributed by atoms with van der Waals surface area (Å²) in [5.41, 5.74) is 3.93. The van der Waals surface area contributed by atoms with Crippen LogP contribution in [0, 0.1) is 13.8 Å². The van der Waals surface area contributed by atoms with Gasteiger partial charge in [0, 0.05) is 23.7 Å². The summed E-state index contributed by atoms with van der Waals surface area (Å²) in [6.07, 6.45) is 0. The van der Waals surface area contributed by atoms with Crippen LogP contribution in [0.25, 0.3) is 5.69 Å². The summed E-state index contributed by atoms with van der Waals surface area (Å²) >= 11 is 6.41. The van der Waals surface area contributed by atoms with Crippen molar-refractivity contribution in [1.82, 2.24) is 14.7 Å². The minimum Gasteiger partial charge on any atom is -0.315 e. The Kier molecular flexibility index (Phi) is 7.67. The Labute approximate surface area is 206 Å². The number of para-hydroxylation sites is 2. The van der Waals surface area contributed by atoms with Crippen molar-refractivity contribution in [3.05, 3.63) is 70.4 Å². The molecule has 1 heterocycles. The molecule has 3 amide bonds. The molecule has 0 bridgehead atoms. The zero-order valence-corrected chi connectivity index (χ0v) is 21.3. The summed E-state index contributed by atoms with van der Waals surface area (Å²) in [7, 11) is 0. The van der Waals surface area contributed by atoms with Crippen LogP contribution in [-0.2, 0) is 10.2 Å². The Balaban J connectivity index is 1.81. The molecule has 0 spiro atoms. The standard InChI is InChI=1S/C26H32ClN5O2/c1-7-31(25(34)29-24-17(2)11-10-12-18(24)3)16-23(33)28-22-15-21(26(4,5)6)30-32(22)20-14-9-8-13-19(20)27/h8-15H,7,16H2,1-6H3,(H,28,33)(H,29,34). The first-order valence-electron chi connectivity index (χ1n) is 11.3. The third-order valence-corrected chi connectivity index (χ3v) is 5.86. The molecule has 34 heavy (non-hydrogen) atoms. The molecule has 0 aliphatic heterocycles. The maximum absolute atomic E-state index is 13.0. The van der Waals surface area contributed by atoms with E-state index in [9.17, 15) is 9.59 Å². The molecule has 0 fully saturated rings. The number of halogens is 1. The zero-order valence-electron chi connectivity index (χ0n) is 20.6. The Morgan fingerprint density at radius 1 is 1.03 bits per heavy atom. The lowest BCUT2D eigenvalue weighted by atomic mass is 9.92. The van der Waals surface area contributed by atoms with E-state index in [1.165, 1.54) is 4.90 Å². The van der Waals surface area contributed by atoms with Crippen molar-refractivity contribution in [3.8, 4) is 5.69 Å². The maximum Gasteiger partial charge on any atom is 0.322 e. The van der Waals surface area contributed by atoms with E-state index >= 15 is 0 Å². The van der Waals surface area contributed by atoms with Crippen LogP contribution in [0.3, 0.4) is 0 Å². The van der Waals surface area contributed by atoms with E-state index in [-0.39, 0.29) is 23.9 Å². The van der Waals surface area contributed by atoms with E-state index in [4.69, 9.17) is 16.7 Å². The Morgan fingerprint density at radius 2 is 1.68 bits per heavy atom. The lowest BCUT2D eigenvalue weighted by Crippen LogP contribution is -2.40. The van der Waals surface area contributed by atoms with Gasteiger partial charge in [0.15, 0.2) is 0 Å². The fourth-order valence-electron chi connectivity index (χ4n) is 3.52. The minimum atomic E-state index is -0.329. The average Bonchev–Trinajstić information content (AvgIpc) is 3.19. The number of carbonyl (C=O) groups is 2. The minimum absolute atomic E-state index is 0.105. The molecular weight excluding hydrogens is 450 g/mol. The molecule has 0 aliphatic carbocycles. The molecule has 3 aromatic rings. The van der Waals surface area contributed by atoms with E-state index < -0.39 is 0 Å². The van der Waals surface area contributed by atoms with Gasteiger partial charge in [-0.2, -0.15) is 5.10 Å². The Hall–Kier alpha value is -3.32. The largest absolute Gasteiger partial charge is 0.322 e. The van der Waals surface area contributed by atoms with Crippen molar-refractivity contribution in [2.45, 2.75) is 47.0 Å². The van der Waals surface area contributed by atoms with Gasteiger partial charge in [-0.3, -0.25) is 4.79 Å². The first-order chi connectivity index (χ1) is 16.0. The van der Waals surface area contributed by atoms with Crippen LogP contribution >= 0.6 is 11.6 Å². The van der Waals surface area contributed by atoms with Crippen molar-refractivity contribution in [1.29, 1.82) is 0 Å². The van der Waals surface area contributed by atoms with Crippen LogP contribution in [-0.4, -0.2) is 39.7 Å². The monoisotopic (exact) mass is 481 g/mol. The molecule has 2 aromatic carbocycles. The number of nitrogens with zero attached hydrogens (tertiary/aromatic N) is 3. The number of rotatable bonds is 6. The number of hydrogen-bond donors (Lipinski definition) is 2. The van der Waals surface area contributed by atoms with Gasteiger partial charge >= 0.3 is 6.03 Å². The van der Waals surface area contributed by atoms with Crippen molar-refractivity contribution in [2.24, 2.45) is 0 Å². The number of nitrogens with one attached hydrogen (secondary N) is 2. The first-order valence-corrected chi connectivity index (χ1v) is 11.7. The third kappa shape index (κ3) is 5.78. The Bertz CT molecular complexity index is 1180. The lowest BCUT2D eigenvalue weighted by Gasteiger charge is -2.22. The predicted molar refractivity (Wildman–Crippen MR) is 138 cm³/mol. The number of amides is 3. The number of likely N-dealkylation sites (N-methyl/N-ethyl adjacent to an activating group) is 1. The van der Waals surface area contributed by atoms with Gasteiger partial charge in [0.25, 0.3) is 0 Å². The van der Waals surface area contributed by atoms with E-state index in [1.807, 2.05) is 63.2 Å². The van der Waals surface area contributed by atoms with Crippen LogP contribution < -0.4 is 10.6 Å². The number of urea groups is 1. The van der Waals surface area contributed by atoms with Crippen molar-refractivity contribution >= 4 is 35.0 Å². The second kappa shape index (κ2) is 10.3. The van der Waals surface area contributed by atoms with E-state index in [0.717, 1.165) is 22.5 Å². The van der Waals surface area contributed by atoms with Gasteiger partial charge in [-0.15, -0.1) is 0 Å². The van der Waals surface area contributed by atoms with Gasteiger partial charge in [0.2, 0.25) is 5.91 Å². The molecule has 180 valence electrons. The molecule has 0 atom stereocenters. The van der Waals surface area contributed by atoms with Gasteiger partial charge in [0.1, 0.15) is 12.4 Å². The summed E-state index contributed by atoms with van der Waals surface area (Å²) < 4.78 is 1.63. The fraction of sp³-hybridized carbons (Fsp3) is 0.346. The third-order valence-electron chi connectivity index (χ3n) is 5.54. The van der Waals surface area contributed by atoms with Crippen LogP contribution in [0.4, 0.5) is 16.3 Å². The summed E-state index contributed by atoms with van der Waals surface area (Å²) in [5, 5.41) is 11.1. The van der Waals surface area contributed by atoms with Gasteiger partial charge in [0.05, 0.1) is 16.4 Å². The molecule has 2 N–H and O–H groups in total. The lowest BCUT2D eigenvalue weighted by molar-refractivity contribution is -0.116. The van der Waals surface area contributed by atoms with Gasteiger partial charge in [-0.05, 0) is 44.0 Å². The molecule has 0 aliphatic rings. The second-order valence-electron chi connectivity index (χ2n) is 9.29. The maximum atomic E-state index is 13.0. The topological polar surface area (TPSA) is 79.3 Å². The molecule has 7 nitrogen and oxygen atoms in total. The molecule has 3 rings (SSSR count). The Morgan fingerprint density at radius 3 is 2.26 bits per heavy atom. The summed E-state index contributed by atoms with van der Waals surface area (Å²) in [6, 6.07) is 14.7. The van der Waals surface area contributed by atoms with Gasteiger partial charge < -0.3 is 15.5 Å². The smallest absolute Gasteiger partial charge is 0.315 e. The highest BCUT2D eigenvalue weighted by atomic mass is 35.5. The summed E-state index contributed by atoms with van der Waals surface area (Å²) in [6.45, 7) is 12.1. The summed E-state index contributed by atoms with van der Waals surface area (Å²) in [4.78, 5) is 27.4. The fourth-order valence-corrected chi connectivity index (χ4v) is 3.74. The number of aryl methyl sites for hydroxylation is 2. The highest BCUT2D eigenvalue weighted by Gasteiger charge is 2.23. The van der Waals surface area contributed by atoms with E-state index in [2.05, 4.69) is 31.4 Å². The normalized spacial score (nSPS) is 11.3. The predicted octanol–water partition coefficient (Wildman–Crippen LogP) is 5.93. The molecular formula is C26H32ClN5O2. The average molecular weight is 482 g/mol. The molecule has 8 heteroatoms. The van der Waals surface area contributed by atoms with Gasteiger partial charge in [-0.25, -0.2) is 9.48 Å². The van der Waals surface area contributed by atoms with Crippen molar-refractivity contribution in [3.63, 3.8) is 0 Å².